The van der Waals surface area contributed by atoms with Crippen molar-refractivity contribution in [1.29, 1.82) is 0 Å². The van der Waals surface area contributed by atoms with E-state index in [0.717, 1.165) is 50.8 Å². The molecule has 21 heavy (non-hydrogen) atoms. The van der Waals surface area contributed by atoms with Gasteiger partial charge in [0.2, 0.25) is 6.41 Å². The van der Waals surface area contributed by atoms with Crippen LogP contribution < -0.4 is 10.6 Å². The summed E-state index contributed by atoms with van der Waals surface area (Å²) in [7, 11) is 0. The van der Waals surface area contributed by atoms with E-state index in [0.29, 0.717) is 31.5 Å². The van der Waals surface area contributed by atoms with E-state index < -0.39 is 0 Å². The molecular weight excluding hydrogens is 268 g/mol. The van der Waals surface area contributed by atoms with E-state index in [9.17, 15) is 4.79 Å². The van der Waals surface area contributed by atoms with Crippen LogP contribution in [0.3, 0.4) is 0 Å². The molecule has 0 aromatic heterocycles. The summed E-state index contributed by atoms with van der Waals surface area (Å²) in [5, 5.41) is 6.05. The molecule has 1 saturated heterocycles. The summed E-state index contributed by atoms with van der Waals surface area (Å²) in [5.74, 6) is 0. The van der Waals surface area contributed by atoms with Gasteiger partial charge >= 0.3 is 0 Å². The first-order chi connectivity index (χ1) is 10.3. The zero-order valence-corrected chi connectivity index (χ0v) is 12.4. The molecular formula is C16H24N2O3. The summed E-state index contributed by atoms with van der Waals surface area (Å²) in [6, 6.07) is 0. The van der Waals surface area contributed by atoms with Gasteiger partial charge in [0.05, 0.1) is 24.9 Å². The SMILES string of the molecule is C=C(COC1CCC2OC2C1)NCC1=C(CNC=O)CC1. The van der Waals surface area contributed by atoms with Crippen molar-refractivity contribution in [2.24, 2.45) is 0 Å². The largest absolute Gasteiger partial charge is 0.383 e. The summed E-state index contributed by atoms with van der Waals surface area (Å²) >= 11 is 0. The highest BCUT2D eigenvalue weighted by molar-refractivity contribution is 5.47. The molecule has 0 bridgehead atoms. The van der Waals surface area contributed by atoms with Gasteiger partial charge in [-0.3, -0.25) is 4.79 Å². The lowest BCUT2D eigenvalue weighted by Gasteiger charge is -2.25. The van der Waals surface area contributed by atoms with Gasteiger partial charge in [0, 0.05) is 25.2 Å². The maximum atomic E-state index is 10.3. The zero-order valence-electron chi connectivity index (χ0n) is 12.4. The molecule has 0 aromatic carbocycles. The van der Waals surface area contributed by atoms with Gasteiger partial charge < -0.3 is 20.1 Å². The minimum absolute atomic E-state index is 0.322. The zero-order chi connectivity index (χ0) is 14.7. The number of rotatable bonds is 9. The summed E-state index contributed by atoms with van der Waals surface area (Å²) in [4.78, 5) is 10.3. The maximum Gasteiger partial charge on any atom is 0.207 e. The molecule has 0 aromatic rings. The molecule has 1 heterocycles. The molecule has 3 rings (SSSR count). The molecule has 3 unspecified atom stereocenters. The Labute approximate surface area is 125 Å². The van der Waals surface area contributed by atoms with Crippen molar-refractivity contribution in [2.75, 3.05) is 19.7 Å². The molecule has 5 heteroatoms. The van der Waals surface area contributed by atoms with E-state index >= 15 is 0 Å². The smallest absolute Gasteiger partial charge is 0.207 e. The lowest BCUT2D eigenvalue weighted by molar-refractivity contribution is -0.109. The average molecular weight is 292 g/mol. The fourth-order valence-corrected chi connectivity index (χ4v) is 3.09. The van der Waals surface area contributed by atoms with Crippen molar-refractivity contribution in [1.82, 2.24) is 10.6 Å². The van der Waals surface area contributed by atoms with Crippen molar-refractivity contribution in [3.63, 3.8) is 0 Å². The highest BCUT2D eigenvalue weighted by atomic mass is 16.6. The summed E-state index contributed by atoms with van der Waals surface area (Å²) in [6.45, 7) is 6.08. The predicted octanol–water partition coefficient (Wildman–Crippen LogP) is 1.26. The van der Waals surface area contributed by atoms with E-state index in [1.807, 2.05) is 0 Å². The molecule has 1 saturated carbocycles. The van der Waals surface area contributed by atoms with E-state index in [1.54, 1.807) is 0 Å². The Morgan fingerprint density at radius 2 is 2.10 bits per heavy atom. The Hall–Kier alpha value is -1.33. The van der Waals surface area contributed by atoms with Crippen LogP contribution in [0.25, 0.3) is 0 Å². The molecule has 1 amide bonds. The second-order valence-corrected chi connectivity index (χ2v) is 6.12. The standard InChI is InChI=1S/C16H24N2O3/c1-11(9-20-14-4-5-15-16(6-14)21-15)18-8-13-3-2-12(13)7-17-10-19/h10,14-16,18H,1-9H2,(H,17,19). The minimum Gasteiger partial charge on any atom is -0.383 e. The molecule has 116 valence electrons. The molecule has 3 aliphatic rings. The normalized spacial score (nSPS) is 30.2. The molecule has 0 spiro atoms. The number of fused-ring (bicyclic) bond motifs is 1. The van der Waals surface area contributed by atoms with Crippen molar-refractivity contribution in [2.45, 2.75) is 50.4 Å². The van der Waals surface area contributed by atoms with Crippen molar-refractivity contribution in [3.05, 3.63) is 23.4 Å². The van der Waals surface area contributed by atoms with Gasteiger partial charge in [-0.1, -0.05) is 6.58 Å². The minimum atomic E-state index is 0.322. The Bertz CT molecular complexity index is 447. The van der Waals surface area contributed by atoms with E-state index in [4.69, 9.17) is 9.47 Å². The predicted molar refractivity (Wildman–Crippen MR) is 79.7 cm³/mol. The molecule has 3 atom stereocenters. The van der Waals surface area contributed by atoms with Crippen LogP contribution in [-0.2, 0) is 14.3 Å². The van der Waals surface area contributed by atoms with Crippen LogP contribution in [0.4, 0.5) is 0 Å². The highest BCUT2D eigenvalue weighted by Gasteiger charge is 2.44. The summed E-state index contributed by atoms with van der Waals surface area (Å²) in [6.07, 6.45) is 7.52. The number of hydrogen-bond acceptors (Lipinski definition) is 4. The van der Waals surface area contributed by atoms with Crippen LogP contribution in [0.15, 0.2) is 23.4 Å². The number of ether oxygens (including phenoxy) is 2. The monoisotopic (exact) mass is 292 g/mol. The second kappa shape index (κ2) is 6.62. The van der Waals surface area contributed by atoms with Gasteiger partial charge in [-0.15, -0.1) is 0 Å². The molecule has 1 aliphatic heterocycles. The third-order valence-electron chi connectivity index (χ3n) is 4.63. The van der Waals surface area contributed by atoms with Crippen LogP contribution in [0, 0.1) is 0 Å². The third kappa shape index (κ3) is 3.86. The average Bonchev–Trinajstić information content (AvgIpc) is 3.23. The molecule has 5 nitrogen and oxygen atoms in total. The van der Waals surface area contributed by atoms with Crippen LogP contribution in [-0.4, -0.2) is 44.4 Å². The topological polar surface area (TPSA) is 62.9 Å². The van der Waals surface area contributed by atoms with E-state index in [1.165, 1.54) is 11.1 Å². The fraction of sp³-hybridized carbons (Fsp3) is 0.688. The Morgan fingerprint density at radius 1 is 1.29 bits per heavy atom. The number of amides is 1. The van der Waals surface area contributed by atoms with Crippen LogP contribution in [0.2, 0.25) is 0 Å². The number of epoxide rings is 1. The lowest BCUT2D eigenvalue weighted by Crippen LogP contribution is -2.28. The van der Waals surface area contributed by atoms with Gasteiger partial charge in [0.15, 0.2) is 0 Å². The van der Waals surface area contributed by atoms with Crippen molar-refractivity contribution < 1.29 is 14.3 Å². The Kier molecular flexibility index (Phi) is 4.60. The Balaban J connectivity index is 1.32. The molecule has 0 radical (unpaired) electrons. The number of hydrogen-bond donors (Lipinski definition) is 2. The molecule has 2 aliphatic carbocycles. The first-order valence-corrected chi connectivity index (χ1v) is 7.81. The van der Waals surface area contributed by atoms with Gasteiger partial charge in [-0.05, 0) is 36.8 Å². The fourth-order valence-electron chi connectivity index (χ4n) is 3.09. The van der Waals surface area contributed by atoms with Gasteiger partial charge in [0.25, 0.3) is 0 Å². The number of carbonyl (C=O) groups is 1. The number of carbonyl (C=O) groups excluding carboxylic acids is 1. The first kappa shape index (κ1) is 14.6. The summed E-state index contributed by atoms with van der Waals surface area (Å²) < 4.78 is 11.4. The maximum absolute atomic E-state index is 10.3. The second-order valence-electron chi connectivity index (χ2n) is 6.12. The van der Waals surface area contributed by atoms with Gasteiger partial charge in [-0.2, -0.15) is 0 Å². The van der Waals surface area contributed by atoms with Crippen molar-refractivity contribution >= 4 is 6.41 Å². The van der Waals surface area contributed by atoms with Crippen LogP contribution in [0.5, 0.6) is 0 Å². The third-order valence-corrected chi connectivity index (χ3v) is 4.63. The number of nitrogens with one attached hydrogen (secondary N) is 2. The Morgan fingerprint density at radius 3 is 2.81 bits per heavy atom. The lowest BCUT2D eigenvalue weighted by atomic mass is 9.88. The van der Waals surface area contributed by atoms with E-state index in [2.05, 4.69) is 17.2 Å². The highest BCUT2D eigenvalue weighted by Crippen LogP contribution is 2.37. The molecule has 2 N–H and O–H groups in total. The first-order valence-electron chi connectivity index (χ1n) is 7.81. The van der Waals surface area contributed by atoms with Gasteiger partial charge in [-0.25, -0.2) is 0 Å². The van der Waals surface area contributed by atoms with Crippen LogP contribution in [0.1, 0.15) is 32.1 Å². The van der Waals surface area contributed by atoms with Crippen LogP contribution >= 0.6 is 0 Å². The van der Waals surface area contributed by atoms with E-state index in [-0.39, 0.29) is 0 Å². The van der Waals surface area contributed by atoms with Crippen molar-refractivity contribution in [3.8, 4) is 0 Å². The summed E-state index contributed by atoms with van der Waals surface area (Å²) in [5.41, 5.74) is 3.65. The quantitative estimate of drug-likeness (QED) is 0.381. The van der Waals surface area contributed by atoms with Gasteiger partial charge in [0.1, 0.15) is 0 Å². The molecule has 2 fully saturated rings.